The number of nitrogens with one attached hydrogen (secondary N) is 1. The molecule has 12 heavy (non-hydrogen) atoms. The largest absolute Gasteiger partial charge is 0.353 e. The number of hydrogen-bond donors (Lipinski definition) is 1. The van der Waals surface area contributed by atoms with Gasteiger partial charge < -0.3 is 5.32 Å². The first-order valence-corrected chi connectivity index (χ1v) is 4.72. The molecule has 0 aromatic heterocycles. The van der Waals surface area contributed by atoms with E-state index in [4.69, 9.17) is 0 Å². The van der Waals surface area contributed by atoms with Crippen molar-refractivity contribution in [2.45, 2.75) is 38.1 Å². The first-order valence-electron chi connectivity index (χ1n) is 4.72. The van der Waals surface area contributed by atoms with Gasteiger partial charge in [0.2, 0.25) is 5.91 Å². The number of fused-ring (bicyclic) bond motifs is 1. The summed E-state index contributed by atoms with van der Waals surface area (Å²) < 4.78 is 0. The highest BCUT2D eigenvalue weighted by Gasteiger charge is 2.31. The van der Waals surface area contributed by atoms with Crippen LogP contribution in [0.2, 0.25) is 0 Å². The molecule has 0 aromatic rings. The van der Waals surface area contributed by atoms with E-state index in [0.717, 1.165) is 31.6 Å². The second-order valence-corrected chi connectivity index (χ2v) is 3.97. The lowest BCUT2D eigenvalue weighted by molar-refractivity contribution is -0.124. The van der Waals surface area contributed by atoms with Crippen LogP contribution in [0.3, 0.4) is 0 Å². The molecule has 2 atom stereocenters. The molecule has 2 unspecified atom stereocenters. The number of carbonyl (C=O) groups excluding carboxylic acids is 1. The van der Waals surface area contributed by atoms with Crippen molar-refractivity contribution in [3.05, 3.63) is 12.2 Å². The van der Waals surface area contributed by atoms with E-state index < -0.39 is 0 Å². The fourth-order valence-electron chi connectivity index (χ4n) is 2.28. The molecule has 1 N–H and O–H groups in total. The van der Waals surface area contributed by atoms with Gasteiger partial charge in [0.05, 0.1) is 0 Å². The van der Waals surface area contributed by atoms with Crippen molar-refractivity contribution in [1.82, 2.24) is 5.32 Å². The smallest absolute Gasteiger partial charge is 0.220 e. The van der Waals surface area contributed by atoms with Gasteiger partial charge in [0.25, 0.3) is 0 Å². The molecule has 0 radical (unpaired) electrons. The standard InChI is InChI=1S/C10H15NO/c1-7-2-3-8-4-5-10(12)11-9(8)6-7/h8-9H,1-6H2,(H,11,12). The summed E-state index contributed by atoms with van der Waals surface area (Å²) in [6, 6.07) is 0.410. The molecule has 2 nitrogen and oxygen atoms in total. The Morgan fingerprint density at radius 3 is 2.92 bits per heavy atom. The number of piperidine rings is 1. The Morgan fingerprint density at radius 2 is 2.08 bits per heavy atom. The van der Waals surface area contributed by atoms with Crippen molar-refractivity contribution in [3.63, 3.8) is 0 Å². The zero-order valence-corrected chi connectivity index (χ0v) is 7.31. The second kappa shape index (κ2) is 2.92. The van der Waals surface area contributed by atoms with Gasteiger partial charge in [-0.25, -0.2) is 0 Å². The highest BCUT2D eigenvalue weighted by Crippen LogP contribution is 2.32. The molecule has 1 saturated heterocycles. The monoisotopic (exact) mass is 165 g/mol. The molecule has 1 saturated carbocycles. The van der Waals surface area contributed by atoms with Crippen LogP contribution >= 0.6 is 0 Å². The van der Waals surface area contributed by atoms with Gasteiger partial charge in [-0.1, -0.05) is 12.2 Å². The highest BCUT2D eigenvalue weighted by atomic mass is 16.1. The third-order valence-corrected chi connectivity index (χ3v) is 3.03. The average molecular weight is 165 g/mol. The van der Waals surface area contributed by atoms with Gasteiger partial charge in [0.1, 0.15) is 0 Å². The van der Waals surface area contributed by atoms with E-state index >= 15 is 0 Å². The first kappa shape index (κ1) is 7.84. The van der Waals surface area contributed by atoms with Crippen LogP contribution in [-0.2, 0) is 4.79 Å². The topological polar surface area (TPSA) is 29.1 Å². The van der Waals surface area contributed by atoms with E-state index in [0.29, 0.717) is 6.04 Å². The maximum atomic E-state index is 11.1. The molecule has 2 fully saturated rings. The van der Waals surface area contributed by atoms with Crippen molar-refractivity contribution in [1.29, 1.82) is 0 Å². The Kier molecular flexibility index (Phi) is 1.91. The maximum Gasteiger partial charge on any atom is 0.220 e. The van der Waals surface area contributed by atoms with E-state index in [-0.39, 0.29) is 5.91 Å². The minimum atomic E-state index is 0.228. The van der Waals surface area contributed by atoms with E-state index in [1.165, 1.54) is 12.0 Å². The predicted molar refractivity (Wildman–Crippen MR) is 47.6 cm³/mol. The van der Waals surface area contributed by atoms with Crippen LogP contribution < -0.4 is 5.32 Å². The summed E-state index contributed by atoms with van der Waals surface area (Å²) in [5.41, 5.74) is 1.30. The molecule has 0 spiro atoms. The maximum absolute atomic E-state index is 11.1. The van der Waals surface area contributed by atoms with E-state index in [9.17, 15) is 4.79 Å². The van der Waals surface area contributed by atoms with E-state index in [2.05, 4.69) is 11.9 Å². The Bertz CT molecular complexity index is 200. The minimum Gasteiger partial charge on any atom is -0.353 e. The molecule has 1 amide bonds. The molecular formula is C10H15NO. The van der Waals surface area contributed by atoms with Crippen LogP contribution in [0, 0.1) is 5.92 Å². The zero-order chi connectivity index (χ0) is 8.55. The molecule has 1 heterocycles. The van der Waals surface area contributed by atoms with Gasteiger partial charge in [-0.05, 0) is 31.6 Å². The summed E-state index contributed by atoms with van der Waals surface area (Å²) in [5.74, 6) is 0.958. The van der Waals surface area contributed by atoms with Gasteiger partial charge in [0, 0.05) is 12.5 Å². The van der Waals surface area contributed by atoms with E-state index in [1.807, 2.05) is 0 Å². The van der Waals surface area contributed by atoms with Crippen LogP contribution in [0.4, 0.5) is 0 Å². The number of hydrogen-bond acceptors (Lipinski definition) is 1. The summed E-state index contributed by atoms with van der Waals surface area (Å²) in [5, 5.41) is 3.05. The summed E-state index contributed by atoms with van der Waals surface area (Å²) in [6.07, 6.45) is 5.22. The van der Waals surface area contributed by atoms with Crippen LogP contribution in [-0.4, -0.2) is 11.9 Å². The third kappa shape index (κ3) is 1.38. The quantitative estimate of drug-likeness (QED) is 0.543. The molecule has 1 aliphatic heterocycles. The lowest BCUT2D eigenvalue weighted by Crippen LogP contribution is -2.46. The van der Waals surface area contributed by atoms with Gasteiger partial charge >= 0.3 is 0 Å². The molecule has 2 heteroatoms. The number of carbonyl (C=O) groups is 1. The van der Waals surface area contributed by atoms with E-state index in [1.54, 1.807) is 0 Å². The van der Waals surface area contributed by atoms with Gasteiger partial charge in [-0.15, -0.1) is 0 Å². The summed E-state index contributed by atoms with van der Waals surface area (Å²) >= 11 is 0. The fraction of sp³-hybridized carbons (Fsp3) is 0.700. The molecule has 2 aliphatic rings. The van der Waals surface area contributed by atoms with Gasteiger partial charge in [0.15, 0.2) is 0 Å². The van der Waals surface area contributed by atoms with Crippen molar-refractivity contribution in [2.24, 2.45) is 5.92 Å². The lowest BCUT2D eigenvalue weighted by Gasteiger charge is -2.36. The SMILES string of the molecule is C=C1CCC2CCC(=O)NC2C1. The highest BCUT2D eigenvalue weighted by molar-refractivity contribution is 5.77. The van der Waals surface area contributed by atoms with Crippen molar-refractivity contribution >= 4 is 5.91 Å². The Balaban J connectivity index is 2.03. The predicted octanol–water partition coefficient (Wildman–Crippen LogP) is 1.62. The Morgan fingerprint density at radius 1 is 1.33 bits per heavy atom. The van der Waals surface area contributed by atoms with Crippen molar-refractivity contribution in [3.8, 4) is 0 Å². The first-order chi connectivity index (χ1) is 5.75. The normalized spacial score (nSPS) is 35.7. The average Bonchev–Trinajstić information content (AvgIpc) is 2.03. The van der Waals surface area contributed by atoms with Crippen molar-refractivity contribution < 1.29 is 4.79 Å². The Hall–Kier alpha value is -0.790. The summed E-state index contributed by atoms with van der Waals surface area (Å²) in [6.45, 7) is 3.98. The fourth-order valence-corrected chi connectivity index (χ4v) is 2.28. The Labute approximate surface area is 73.0 Å². The van der Waals surface area contributed by atoms with Crippen LogP contribution in [0.1, 0.15) is 32.1 Å². The van der Waals surface area contributed by atoms with Crippen LogP contribution in [0.25, 0.3) is 0 Å². The molecule has 2 rings (SSSR count). The van der Waals surface area contributed by atoms with Crippen molar-refractivity contribution in [2.75, 3.05) is 0 Å². The minimum absolute atomic E-state index is 0.228. The lowest BCUT2D eigenvalue weighted by atomic mass is 9.77. The molecule has 66 valence electrons. The number of rotatable bonds is 0. The molecule has 0 bridgehead atoms. The van der Waals surface area contributed by atoms with Gasteiger partial charge in [-0.2, -0.15) is 0 Å². The number of amides is 1. The van der Waals surface area contributed by atoms with Crippen LogP contribution in [0.15, 0.2) is 12.2 Å². The van der Waals surface area contributed by atoms with Gasteiger partial charge in [-0.3, -0.25) is 4.79 Å². The zero-order valence-electron chi connectivity index (χ0n) is 7.31. The summed E-state index contributed by atoms with van der Waals surface area (Å²) in [4.78, 5) is 11.1. The van der Waals surface area contributed by atoms with Crippen LogP contribution in [0.5, 0.6) is 0 Å². The summed E-state index contributed by atoms with van der Waals surface area (Å²) in [7, 11) is 0. The molecule has 1 aliphatic carbocycles. The molecule has 0 aromatic carbocycles. The molecular weight excluding hydrogens is 150 g/mol. The third-order valence-electron chi connectivity index (χ3n) is 3.03. The second-order valence-electron chi connectivity index (χ2n) is 3.97.